The van der Waals surface area contributed by atoms with Crippen LogP contribution in [0.2, 0.25) is 5.02 Å². The number of nitrogens with zero attached hydrogens (tertiary/aromatic N) is 4. The monoisotopic (exact) mass is 580 g/mol. The highest BCUT2D eigenvalue weighted by Gasteiger charge is 2.28. The van der Waals surface area contributed by atoms with Gasteiger partial charge in [-0.3, -0.25) is 4.90 Å². The van der Waals surface area contributed by atoms with Gasteiger partial charge in [0, 0.05) is 49.2 Å². The number of halogens is 1. The number of carbonyl (C=O) groups is 1. The van der Waals surface area contributed by atoms with Crippen LogP contribution < -0.4 is 9.64 Å². The van der Waals surface area contributed by atoms with E-state index >= 15 is 0 Å². The van der Waals surface area contributed by atoms with Crippen molar-refractivity contribution < 1.29 is 17.9 Å². The zero-order valence-corrected chi connectivity index (χ0v) is 24.3. The number of unbranched alkanes of at least 4 members (excludes halogenated alkanes) is 2. The second-order valence-electron chi connectivity index (χ2n) is 10.0. The highest BCUT2D eigenvalue weighted by atomic mass is 35.5. The second-order valence-corrected chi connectivity index (χ2v) is 12.2. The fraction of sp³-hybridized carbons (Fsp3) is 0.333. The first kappa shape index (κ1) is 28.0. The summed E-state index contributed by atoms with van der Waals surface area (Å²) in [6.45, 7) is 6.14. The van der Waals surface area contributed by atoms with Crippen LogP contribution >= 0.6 is 11.6 Å². The number of amides is 2. The molecule has 2 aromatic heterocycles. The molecule has 0 saturated carbocycles. The number of fused-ring (bicyclic) bond motifs is 1. The third-order valence-corrected chi connectivity index (χ3v) is 9.12. The van der Waals surface area contributed by atoms with Crippen LogP contribution in [0, 0.1) is 6.92 Å². The van der Waals surface area contributed by atoms with Crippen LogP contribution in [-0.4, -0.2) is 48.0 Å². The lowest BCUT2D eigenvalue weighted by atomic mass is 10.1. The number of hydrogen-bond acceptors (Lipinski definition) is 5. The molecule has 1 saturated heterocycles. The van der Waals surface area contributed by atoms with Gasteiger partial charge in [0.2, 0.25) is 0 Å². The van der Waals surface area contributed by atoms with E-state index in [1.54, 1.807) is 52.4 Å². The molecule has 0 atom stereocenters. The molecule has 10 heteroatoms. The molecule has 4 aromatic rings. The average Bonchev–Trinajstić information content (AvgIpc) is 3.40. The van der Waals surface area contributed by atoms with Crippen LogP contribution in [0.3, 0.4) is 0 Å². The van der Waals surface area contributed by atoms with E-state index in [-0.39, 0.29) is 10.9 Å². The summed E-state index contributed by atoms with van der Waals surface area (Å²) in [4.78, 5) is 21.7. The third kappa shape index (κ3) is 5.67. The van der Waals surface area contributed by atoms with Gasteiger partial charge in [-0.05, 0) is 61.7 Å². The van der Waals surface area contributed by atoms with Gasteiger partial charge in [0.15, 0.2) is 5.65 Å². The van der Waals surface area contributed by atoms with E-state index in [4.69, 9.17) is 16.3 Å². The number of carbonyl (C=O) groups excluding carboxylic acids is 1. The summed E-state index contributed by atoms with van der Waals surface area (Å²) in [5, 5.41) is 1.21. The van der Waals surface area contributed by atoms with Crippen LogP contribution in [0.15, 0.2) is 71.9 Å². The molecule has 0 bridgehead atoms. The highest BCUT2D eigenvalue weighted by molar-refractivity contribution is 7.90. The molecular weight excluding hydrogens is 548 g/mol. The number of pyridine rings is 1. The molecule has 0 aliphatic carbocycles. The molecule has 210 valence electrons. The lowest BCUT2D eigenvalue weighted by Crippen LogP contribution is -2.49. The van der Waals surface area contributed by atoms with Crippen LogP contribution in [0.25, 0.3) is 11.0 Å². The molecule has 0 spiro atoms. The molecule has 2 aromatic carbocycles. The van der Waals surface area contributed by atoms with E-state index in [1.807, 2.05) is 25.1 Å². The summed E-state index contributed by atoms with van der Waals surface area (Å²) in [5.41, 5.74) is 2.88. The van der Waals surface area contributed by atoms with Crippen LogP contribution in [0.5, 0.6) is 5.75 Å². The fourth-order valence-corrected chi connectivity index (χ4v) is 6.38. The summed E-state index contributed by atoms with van der Waals surface area (Å²) in [6, 6.07) is 15.6. The number of aryl methyl sites for hydroxylation is 1. The zero-order chi connectivity index (χ0) is 28.3. The average molecular weight is 581 g/mol. The Balaban J connectivity index is 1.37. The van der Waals surface area contributed by atoms with Gasteiger partial charge in [0.1, 0.15) is 5.75 Å². The summed E-state index contributed by atoms with van der Waals surface area (Å²) in [7, 11) is -3.82. The van der Waals surface area contributed by atoms with E-state index < -0.39 is 10.0 Å². The Kier molecular flexibility index (Phi) is 8.32. The lowest BCUT2D eigenvalue weighted by Gasteiger charge is -2.36. The first-order chi connectivity index (χ1) is 19.3. The maximum atomic E-state index is 13.6. The van der Waals surface area contributed by atoms with Crippen molar-refractivity contribution in [2.75, 3.05) is 24.6 Å². The van der Waals surface area contributed by atoms with Gasteiger partial charge in [0.05, 0.1) is 16.5 Å². The maximum Gasteiger partial charge on any atom is 0.324 e. The smallest absolute Gasteiger partial charge is 0.324 e. The topological polar surface area (TPSA) is 84.7 Å². The predicted octanol–water partition coefficient (Wildman–Crippen LogP) is 6.64. The van der Waals surface area contributed by atoms with Gasteiger partial charge in [-0.2, -0.15) is 0 Å². The molecule has 0 radical (unpaired) electrons. The molecule has 1 aliphatic rings. The standard InChI is InChI=1S/C30H33ClN4O4S/c1-3-4-5-19-39-28-20-24(9-12-27(28)31)34-17-6-16-33(30(34)36)21-23-13-15-32-29-26(23)14-18-35(29)40(37,38)25-10-7-22(2)8-11-25/h7-15,18,20H,3-6,16-17,19,21H2,1-2H3. The van der Waals surface area contributed by atoms with Crippen molar-refractivity contribution in [2.45, 2.75) is 51.0 Å². The zero-order valence-electron chi connectivity index (χ0n) is 22.7. The number of benzene rings is 2. The van der Waals surface area contributed by atoms with Crippen molar-refractivity contribution in [3.63, 3.8) is 0 Å². The van der Waals surface area contributed by atoms with E-state index in [9.17, 15) is 13.2 Å². The Hall–Kier alpha value is -3.56. The van der Waals surface area contributed by atoms with Crippen molar-refractivity contribution in [3.8, 4) is 5.75 Å². The van der Waals surface area contributed by atoms with E-state index in [2.05, 4.69) is 11.9 Å². The van der Waals surface area contributed by atoms with Crippen molar-refractivity contribution >= 4 is 44.4 Å². The van der Waals surface area contributed by atoms with Gasteiger partial charge in [0.25, 0.3) is 10.0 Å². The number of hydrogen-bond donors (Lipinski definition) is 0. The number of anilines is 1. The Morgan fingerprint density at radius 2 is 1.82 bits per heavy atom. The van der Waals surface area contributed by atoms with E-state index in [0.29, 0.717) is 48.0 Å². The molecule has 3 heterocycles. The van der Waals surface area contributed by atoms with E-state index in [1.165, 1.54) is 10.2 Å². The minimum Gasteiger partial charge on any atom is -0.492 e. The molecule has 40 heavy (non-hydrogen) atoms. The molecule has 1 aliphatic heterocycles. The van der Waals surface area contributed by atoms with Crippen LogP contribution in [0.1, 0.15) is 43.7 Å². The van der Waals surface area contributed by atoms with Gasteiger partial charge < -0.3 is 9.64 Å². The minimum atomic E-state index is -3.82. The fourth-order valence-electron chi connectivity index (χ4n) is 4.90. The maximum absolute atomic E-state index is 13.6. The van der Waals surface area contributed by atoms with E-state index in [0.717, 1.165) is 42.5 Å². The highest BCUT2D eigenvalue weighted by Crippen LogP contribution is 2.32. The summed E-state index contributed by atoms with van der Waals surface area (Å²) in [5.74, 6) is 0.576. The molecule has 2 amide bonds. The predicted molar refractivity (Wildman–Crippen MR) is 158 cm³/mol. The number of aromatic nitrogens is 2. The molecule has 0 N–H and O–H groups in total. The Labute approximate surface area is 240 Å². The first-order valence-corrected chi connectivity index (χ1v) is 15.4. The first-order valence-electron chi connectivity index (χ1n) is 13.6. The number of ether oxygens (including phenoxy) is 1. The molecule has 0 unspecified atom stereocenters. The van der Waals surface area contributed by atoms with Gasteiger partial charge >= 0.3 is 6.03 Å². The molecular formula is C30H33ClN4O4S. The Morgan fingerprint density at radius 1 is 1.02 bits per heavy atom. The lowest BCUT2D eigenvalue weighted by molar-refractivity contribution is 0.192. The quantitative estimate of drug-likeness (QED) is 0.196. The van der Waals surface area contributed by atoms with Gasteiger partial charge in [-0.25, -0.2) is 22.2 Å². The van der Waals surface area contributed by atoms with Crippen molar-refractivity contribution in [1.29, 1.82) is 0 Å². The van der Waals surface area contributed by atoms with Crippen molar-refractivity contribution in [1.82, 2.24) is 13.9 Å². The molecule has 1 fully saturated rings. The third-order valence-electron chi connectivity index (χ3n) is 7.13. The van der Waals surface area contributed by atoms with Gasteiger partial charge in [-0.15, -0.1) is 0 Å². The summed E-state index contributed by atoms with van der Waals surface area (Å²) in [6.07, 6.45) is 7.04. The number of rotatable bonds is 10. The Bertz CT molecular complexity index is 1620. The molecule has 5 rings (SSSR count). The second kappa shape index (κ2) is 11.9. The largest absolute Gasteiger partial charge is 0.492 e. The summed E-state index contributed by atoms with van der Waals surface area (Å²) >= 11 is 6.37. The minimum absolute atomic E-state index is 0.123. The molecule has 8 nitrogen and oxygen atoms in total. The van der Waals surface area contributed by atoms with Crippen molar-refractivity contribution in [3.05, 3.63) is 83.1 Å². The normalized spacial score (nSPS) is 14.2. The van der Waals surface area contributed by atoms with Crippen LogP contribution in [0.4, 0.5) is 10.5 Å². The SMILES string of the molecule is CCCCCOc1cc(N2CCCN(Cc3ccnc4c3ccn4S(=O)(=O)c3ccc(C)cc3)C2=O)ccc1Cl. The number of urea groups is 1. The van der Waals surface area contributed by atoms with Gasteiger partial charge in [-0.1, -0.05) is 49.1 Å². The Morgan fingerprint density at radius 3 is 2.60 bits per heavy atom. The van der Waals surface area contributed by atoms with Crippen LogP contribution in [-0.2, 0) is 16.6 Å². The summed E-state index contributed by atoms with van der Waals surface area (Å²) < 4.78 is 33.8. The van der Waals surface area contributed by atoms with Crippen molar-refractivity contribution in [2.24, 2.45) is 0 Å².